The van der Waals surface area contributed by atoms with Gasteiger partial charge in [0.15, 0.2) is 0 Å². The normalized spacial score (nSPS) is 12.5. The molecular weight excluding hydrogens is 221 g/mol. The van der Waals surface area contributed by atoms with Crippen molar-refractivity contribution >= 4 is 0 Å². The van der Waals surface area contributed by atoms with Gasteiger partial charge in [-0.25, -0.2) is 4.39 Å². The zero-order valence-electron chi connectivity index (χ0n) is 10.6. The maximum absolute atomic E-state index is 13.3. The van der Waals surface area contributed by atoms with Crippen LogP contribution in [0.1, 0.15) is 24.9 Å². The van der Waals surface area contributed by atoms with E-state index in [9.17, 15) is 4.39 Å². The number of benzene rings is 1. The molecular formula is C13H20FNO2. The summed E-state index contributed by atoms with van der Waals surface area (Å²) in [6, 6.07) is 4.62. The second kappa shape index (κ2) is 7.25. The first-order valence-electron chi connectivity index (χ1n) is 5.78. The molecule has 1 aromatic carbocycles. The van der Waals surface area contributed by atoms with Gasteiger partial charge < -0.3 is 14.8 Å². The Morgan fingerprint density at radius 3 is 2.71 bits per heavy atom. The Bertz CT molecular complexity index is 344. The van der Waals surface area contributed by atoms with Gasteiger partial charge in [0.05, 0.1) is 7.11 Å². The molecule has 17 heavy (non-hydrogen) atoms. The Kier molecular flexibility index (Phi) is 5.94. The summed E-state index contributed by atoms with van der Waals surface area (Å²) in [6.45, 7) is 3.46. The van der Waals surface area contributed by atoms with Crippen LogP contribution in [-0.2, 0) is 4.74 Å². The molecule has 3 nitrogen and oxygen atoms in total. The van der Waals surface area contributed by atoms with Gasteiger partial charge in [-0.15, -0.1) is 0 Å². The Morgan fingerprint density at radius 1 is 1.35 bits per heavy atom. The van der Waals surface area contributed by atoms with Crippen molar-refractivity contribution in [3.63, 3.8) is 0 Å². The van der Waals surface area contributed by atoms with Crippen molar-refractivity contribution in [1.82, 2.24) is 5.32 Å². The van der Waals surface area contributed by atoms with Crippen LogP contribution in [0.3, 0.4) is 0 Å². The molecule has 0 amide bonds. The highest BCUT2D eigenvalue weighted by molar-refractivity contribution is 5.36. The Balaban J connectivity index is 2.93. The standard InChI is InChI=1S/C13H20FNO2/c1-4-15-12(7-8-16-2)11-9-10(14)5-6-13(11)17-3/h5-6,9,12,15H,4,7-8H2,1-3H3. The predicted molar refractivity (Wildman–Crippen MR) is 65.9 cm³/mol. The average molecular weight is 241 g/mol. The summed E-state index contributed by atoms with van der Waals surface area (Å²) in [7, 11) is 3.25. The van der Waals surface area contributed by atoms with E-state index in [1.165, 1.54) is 12.1 Å². The van der Waals surface area contributed by atoms with Gasteiger partial charge in [0.2, 0.25) is 0 Å². The molecule has 0 aliphatic heterocycles. The van der Waals surface area contributed by atoms with Crippen molar-refractivity contribution in [2.45, 2.75) is 19.4 Å². The summed E-state index contributed by atoms with van der Waals surface area (Å²) in [5.41, 5.74) is 0.839. The first-order valence-corrected chi connectivity index (χ1v) is 5.78. The molecule has 0 radical (unpaired) electrons. The third kappa shape index (κ3) is 3.98. The van der Waals surface area contributed by atoms with Gasteiger partial charge in [0, 0.05) is 25.3 Å². The third-order valence-corrected chi connectivity index (χ3v) is 2.63. The maximum Gasteiger partial charge on any atom is 0.123 e. The summed E-state index contributed by atoms with van der Waals surface area (Å²) in [6.07, 6.45) is 0.782. The molecule has 0 fully saturated rings. The van der Waals surface area contributed by atoms with Gasteiger partial charge in [0.1, 0.15) is 11.6 Å². The number of methoxy groups -OCH3 is 2. The van der Waals surface area contributed by atoms with Gasteiger partial charge in [-0.3, -0.25) is 0 Å². The fourth-order valence-electron chi connectivity index (χ4n) is 1.83. The Labute approximate surface area is 102 Å². The van der Waals surface area contributed by atoms with Crippen LogP contribution in [0.15, 0.2) is 18.2 Å². The first kappa shape index (κ1) is 13.9. The summed E-state index contributed by atoms with van der Waals surface area (Å²) < 4.78 is 23.6. The van der Waals surface area contributed by atoms with Crippen molar-refractivity contribution in [1.29, 1.82) is 0 Å². The molecule has 0 heterocycles. The van der Waals surface area contributed by atoms with Crippen LogP contribution >= 0.6 is 0 Å². The molecule has 0 aliphatic rings. The SMILES string of the molecule is CCNC(CCOC)c1cc(F)ccc1OC. The van der Waals surface area contributed by atoms with E-state index in [1.807, 2.05) is 6.92 Å². The summed E-state index contributed by atoms with van der Waals surface area (Å²) in [5.74, 6) is 0.453. The van der Waals surface area contributed by atoms with Crippen LogP contribution in [0, 0.1) is 5.82 Å². The Morgan fingerprint density at radius 2 is 2.12 bits per heavy atom. The number of halogens is 1. The predicted octanol–water partition coefficient (Wildman–Crippen LogP) is 2.52. The molecule has 1 aromatic rings. The molecule has 0 saturated carbocycles. The van der Waals surface area contributed by atoms with Crippen molar-refractivity contribution in [2.24, 2.45) is 0 Å². The lowest BCUT2D eigenvalue weighted by molar-refractivity contribution is 0.182. The van der Waals surface area contributed by atoms with Gasteiger partial charge in [-0.2, -0.15) is 0 Å². The molecule has 0 aromatic heterocycles. The number of hydrogen-bond donors (Lipinski definition) is 1. The maximum atomic E-state index is 13.3. The van der Waals surface area contributed by atoms with E-state index in [4.69, 9.17) is 9.47 Å². The lowest BCUT2D eigenvalue weighted by Crippen LogP contribution is -2.23. The topological polar surface area (TPSA) is 30.5 Å². The second-order valence-electron chi connectivity index (χ2n) is 3.78. The van der Waals surface area contributed by atoms with E-state index in [1.54, 1.807) is 20.3 Å². The van der Waals surface area contributed by atoms with Crippen molar-refractivity contribution in [3.8, 4) is 5.75 Å². The van der Waals surface area contributed by atoms with Crippen LogP contribution in [0.4, 0.5) is 4.39 Å². The molecule has 1 N–H and O–H groups in total. The van der Waals surface area contributed by atoms with Crippen molar-refractivity contribution in [3.05, 3.63) is 29.6 Å². The van der Waals surface area contributed by atoms with E-state index in [2.05, 4.69) is 5.32 Å². The van der Waals surface area contributed by atoms with Crippen LogP contribution in [0.25, 0.3) is 0 Å². The van der Waals surface area contributed by atoms with Crippen LogP contribution in [0.2, 0.25) is 0 Å². The molecule has 1 unspecified atom stereocenters. The highest BCUT2D eigenvalue weighted by Gasteiger charge is 2.15. The minimum atomic E-state index is -0.249. The minimum Gasteiger partial charge on any atom is -0.496 e. The van der Waals surface area contributed by atoms with E-state index >= 15 is 0 Å². The number of ether oxygens (including phenoxy) is 2. The Hall–Kier alpha value is -1.13. The van der Waals surface area contributed by atoms with Crippen LogP contribution < -0.4 is 10.1 Å². The molecule has 1 rings (SSSR count). The monoisotopic (exact) mass is 241 g/mol. The summed E-state index contributed by atoms with van der Waals surface area (Å²) in [5, 5.41) is 3.31. The molecule has 96 valence electrons. The first-order chi connectivity index (χ1) is 8.22. The molecule has 0 aliphatic carbocycles. The zero-order chi connectivity index (χ0) is 12.7. The van der Waals surface area contributed by atoms with Gasteiger partial charge >= 0.3 is 0 Å². The summed E-state index contributed by atoms with van der Waals surface area (Å²) >= 11 is 0. The largest absolute Gasteiger partial charge is 0.496 e. The van der Waals surface area contributed by atoms with Gasteiger partial charge in [-0.05, 0) is 31.2 Å². The molecule has 0 spiro atoms. The highest BCUT2D eigenvalue weighted by Crippen LogP contribution is 2.28. The molecule has 0 bridgehead atoms. The van der Waals surface area contributed by atoms with E-state index < -0.39 is 0 Å². The van der Waals surface area contributed by atoms with Gasteiger partial charge in [-0.1, -0.05) is 6.92 Å². The smallest absolute Gasteiger partial charge is 0.123 e. The van der Waals surface area contributed by atoms with Crippen LogP contribution in [0.5, 0.6) is 5.75 Å². The fraction of sp³-hybridized carbons (Fsp3) is 0.538. The molecule has 0 saturated heterocycles. The average Bonchev–Trinajstić information content (AvgIpc) is 2.34. The number of rotatable bonds is 7. The number of nitrogens with one attached hydrogen (secondary N) is 1. The lowest BCUT2D eigenvalue weighted by atomic mass is 10.0. The second-order valence-corrected chi connectivity index (χ2v) is 3.78. The van der Waals surface area contributed by atoms with E-state index in [0.717, 1.165) is 18.5 Å². The quantitative estimate of drug-likeness (QED) is 0.795. The molecule has 1 atom stereocenters. The lowest BCUT2D eigenvalue weighted by Gasteiger charge is -2.20. The van der Waals surface area contributed by atoms with E-state index in [-0.39, 0.29) is 11.9 Å². The van der Waals surface area contributed by atoms with E-state index in [0.29, 0.717) is 12.4 Å². The number of hydrogen-bond acceptors (Lipinski definition) is 3. The molecule has 4 heteroatoms. The summed E-state index contributed by atoms with van der Waals surface area (Å²) in [4.78, 5) is 0. The minimum absolute atomic E-state index is 0.0469. The van der Waals surface area contributed by atoms with Crippen molar-refractivity contribution < 1.29 is 13.9 Å². The highest BCUT2D eigenvalue weighted by atomic mass is 19.1. The third-order valence-electron chi connectivity index (χ3n) is 2.63. The van der Waals surface area contributed by atoms with Gasteiger partial charge in [0.25, 0.3) is 0 Å². The van der Waals surface area contributed by atoms with Crippen LogP contribution in [-0.4, -0.2) is 27.4 Å². The fourth-order valence-corrected chi connectivity index (χ4v) is 1.83. The zero-order valence-corrected chi connectivity index (χ0v) is 10.6. The van der Waals surface area contributed by atoms with Crippen molar-refractivity contribution in [2.75, 3.05) is 27.4 Å².